The van der Waals surface area contributed by atoms with E-state index < -0.39 is 5.97 Å². The quantitative estimate of drug-likeness (QED) is 0.765. The van der Waals surface area contributed by atoms with Crippen molar-refractivity contribution in [2.75, 3.05) is 6.61 Å². The van der Waals surface area contributed by atoms with Gasteiger partial charge < -0.3 is 4.74 Å². The predicted octanol–water partition coefficient (Wildman–Crippen LogP) is 3.87. The lowest BCUT2D eigenvalue weighted by Gasteiger charge is -1.97. The van der Waals surface area contributed by atoms with Gasteiger partial charge in [0.1, 0.15) is 10.7 Å². The molecule has 1 aromatic heterocycles. The summed E-state index contributed by atoms with van der Waals surface area (Å²) in [7, 11) is 0. The summed E-state index contributed by atoms with van der Waals surface area (Å²) in [6.45, 7) is 2.01. The maximum absolute atomic E-state index is 13.0. The molecule has 0 spiro atoms. The Morgan fingerprint density at radius 3 is 3.00 bits per heavy atom. The van der Waals surface area contributed by atoms with Gasteiger partial charge in [0.25, 0.3) is 0 Å². The highest BCUT2D eigenvalue weighted by Crippen LogP contribution is 2.36. The van der Waals surface area contributed by atoms with Crippen molar-refractivity contribution in [3.8, 4) is 0 Å². The molecule has 2 rings (SSSR count). The normalized spacial score (nSPS) is 10.7. The maximum Gasteiger partial charge on any atom is 0.349 e. The van der Waals surface area contributed by atoms with Crippen LogP contribution in [-0.4, -0.2) is 12.6 Å². The summed E-state index contributed by atoms with van der Waals surface area (Å²) in [4.78, 5) is 11.9. The van der Waals surface area contributed by atoms with E-state index in [1.807, 2.05) is 0 Å². The van der Waals surface area contributed by atoms with E-state index in [0.29, 0.717) is 20.0 Å². The maximum atomic E-state index is 13.0. The van der Waals surface area contributed by atoms with Crippen LogP contribution in [0.4, 0.5) is 4.39 Å². The van der Waals surface area contributed by atoms with Crippen LogP contribution in [0.15, 0.2) is 18.2 Å². The Labute approximate surface area is 101 Å². The molecule has 0 saturated heterocycles. The van der Waals surface area contributed by atoms with Crippen molar-refractivity contribution in [3.63, 3.8) is 0 Å². The third-order valence-corrected chi connectivity index (χ3v) is 3.69. The standard InChI is InChI=1S/C11H8ClFO2S/c1-2-15-11(14)10-9(12)7-4-3-6(13)5-8(7)16-10/h3-5H,2H2,1H3. The van der Waals surface area contributed by atoms with Crippen LogP contribution >= 0.6 is 22.9 Å². The molecule has 0 aliphatic carbocycles. The monoisotopic (exact) mass is 258 g/mol. The van der Waals surface area contributed by atoms with E-state index in [1.54, 1.807) is 13.0 Å². The smallest absolute Gasteiger partial charge is 0.349 e. The van der Waals surface area contributed by atoms with Gasteiger partial charge in [-0.1, -0.05) is 11.6 Å². The molecule has 16 heavy (non-hydrogen) atoms. The van der Waals surface area contributed by atoms with Crippen molar-refractivity contribution < 1.29 is 13.9 Å². The van der Waals surface area contributed by atoms with Gasteiger partial charge in [-0.2, -0.15) is 0 Å². The van der Waals surface area contributed by atoms with Crippen LogP contribution in [0.2, 0.25) is 5.02 Å². The average molecular weight is 259 g/mol. The Morgan fingerprint density at radius 1 is 1.56 bits per heavy atom. The molecule has 84 valence electrons. The summed E-state index contributed by atoms with van der Waals surface area (Å²) < 4.78 is 18.5. The number of fused-ring (bicyclic) bond motifs is 1. The van der Waals surface area contributed by atoms with Crippen molar-refractivity contribution in [2.45, 2.75) is 6.92 Å². The minimum atomic E-state index is -0.464. The van der Waals surface area contributed by atoms with Gasteiger partial charge in [0, 0.05) is 10.1 Å². The average Bonchev–Trinajstić information content (AvgIpc) is 2.56. The Bertz CT molecular complexity index is 550. The lowest BCUT2D eigenvalue weighted by Crippen LogP contribution is -2.02. The summed E-state index contributed by atoms with van der Waals surface area (Å²) in [6.07, 6.45) is 0. The Kier molecular flexibility index (Phi) is 3.12. The molecule has 0 atom stereocenters. The van der Waals surface area contributed by atoms with Gasteiger partial charge in [-0.05, 0) is 25.1 Å². The molecule has 0 unspecified atom stereocenters. The molecule has 0 amide bonds. The number of esters is 1. The van der Waals surface area contributed by atoms with Crippen LogP contribution < -0.4 is 0 Å². The van der Waals surface area contributed by atoms with Gasteiger partial charge >= 0.3 is 5.97 Å². The minimum Gasteiger partial charge on any atom is -0.462 e. The lowest BCUT2D eigenvalue weighted by atomic mass is 10.2. The summed E-state index contributed by atoms with van der Waals surface area (Å²) in [5.41, 5.74) is 0. The number of halogens is 2. The number of hydrogen-bond donors (Lipinski definition) is 0. The summed E-state index contributed by atoms with van der Waals surface area (Å²) in [5, 5.41) is 1.01. The fourth-order valence-electron chi connectivity index (χ4n) is 1.37. The molecule has 2 nitrogen and oxygen atoms in total. The highest BCUT2D eigenvalue weighted by molar-refractivity contribution is 7.21. The number of rotatable bonds is 2. The minimum absolute atomic E-state index is 0.289. The second kappa shape index (κ2) is 4.39. The third kappa shape index (κ3) is 1.90. The van der Waals surface area contributed by atoms with Crippen LogP contribution in [-0.2, 0) is 4.74 Å². The molecule has 0 saturated carbocycles. The van der Waals surface area contributed by atoms with Crippen molar-refractivity contribution in [1.29, 1.82) is 0 Å². The van der Waals surface area contributed by atoms with E-state index in [1.165, 1.54) is 12.1 Å². The first-order chi connectivity index (χ1) is 7.63. The van der Waals surface area contributed by atoms with Gasteiger partial charge in [-0.25, -0.2) is 9.18 Å². The van der Waals surface area contributed by atoms with E-state index in [9.17, 15) is 9.18 Å². The molecule has 0 radical (unpaired) electrons. The molecule has 0 bridgehead atoms. The first kappa shape index (κ1) is 11.4. The van der Waals surface area contributed by atoms with Gasteiger partial charge in [0.05, 0.1) is 11.6 Å². The first-order valence-corrected chi connectivity index (χ1v) is 5.87. The van der Waals surface area contributed by atoms with Crippen LogP contribution in [0.1, 0.15) is 16.6 Å². The van der Waals surface area contributed by atoms with Gasteiger partial charge in [0.15, 0.2) is 0 Å². The van der Waals surface area contributed by atoms with Gasteiger partial charge in [0.2, 0.25) is 0 Å². The molecule has 0 N–H and O–H groups in total. The fraction of sp³-hybridized carbons (Fsp3) is 0.182. The zero-order chi connectivity index (χ0) is 11.7. The number of ether oxygens (including phenoxy) is 1. The van der Waals surface area contributed by atoms with E-state index >= 15 is 0 Å². The highest BCUT2D eigenvalue weighted by Gasteiger charge is 2.18. The number of carbonyl (C=O) groups excluding carboxylic acids is 1. The van der Waals surface area contributed by atoms with Crippen molar-refractivity contribution in [2.24, 2.45) is 0 Å². The molecule has 0 fully saturated rings. The van der Waals surface area contributed by atoms with Crippen LogP contribution in [0.5, 0.6) is 0 Å². The number of carbonyl (C=O) groups is 1. The first-order valence-electron chi connectivity index (χ1n) is 4.68. The number of thiophene rings is 1. The van der Waals surface area contributed by atoms with Crippen molar-refractivity contribution in [1.82, 2.24) is 0 Å². The lowest BCUT2D eigenvalue weighted by molar-refractivity contribution is 0.0532. The second-order valence-corrected chi connectivity index (χ2v) is 4.54. The molecule has 0 aliphatic rings. The Morgan fingerprint density at radius 2 is 2.31 bits per heavy atom. The van der Waals surface area contributed by atoms with E-state index in [0.717, 1.165) is 11.3 Å². The molecule has 0 aliphatic heterocycles. The van der Waals surface area contributed by atoms with Crippen LogP contribution in [0.3, 0.4) is 0 Å². The number of benzene rings is 1. The molecule has 2 aromatic rings. The summed E-state index contributed by atoms with van der Waals surface area (Å²) in [6, 6.07) is 4.23. The molecule has 1 heterocycles. The summed E-state index contributed by atoms with van der Waals surface area (Å²) >= 11 is 7.17. The van der Waals surface area contributed by atoms with Crippen molar-refractivity contribution in [3.05, 3.63) is 33.9 Å². The molecule has 5 heteroatoms. The highest BCUT2D eigenvalue weighted by atomic mass is 35.5. The number of hydrogen-bond acceptors (Lipinski definition) is 3. The SMILES string of the molecule is CCOC(=O)c1sc2cc(F)ccc2c1Cl. The Balaban J connectivity index is 2.55. The van der Waals surface area contributed by atoms with Crippen LogP contribution in [0, 0.1) is 5.82 Å². The molecular weight excluding hydrogens is 251 g/mol. The predicted molar refractivity (Wildman–Crippen MR) is 62.7 cm³/mol. The molecule has 1 aromatic carbocycles. The summed E-state index contributed by atoms with van der Waals surface area (Å²) in [5.74, 6) is -0.810. The van der Waals surface area contributed by atoms with Gasteiger partial charge in [-0.15, -0.1) is 11.3 Å². The van der Waals surface area contributed by atoms with E-state index in [2.05, 4.69) is 0 Å². The zero-order valence-electron chi connectivity index (χ0n) is 8.42. The topological polar surface area (TPSA) is 26.3 Å². The van der Waals surface area contributed by atoms with Crippen LogP contribution in [0.25, 0.3) is 10.1 Å². The van der Waals surface area contributed by atoms with Gasteiger partial charge in [-0.3, -0.25) is 0 Å². The van der Waals surface area contributed by atoms with E-state index in [-0.39, 0.29) is 12.4 Å². The Hall–Kier alpha value is -1.13. The molecular formula is C11H8ClFO2S. The van der Waals surface area contributed by atoms with Crippen molar-refractivity contribution >= 4 is 39.0 Å². The second-order valence-electron chi connectivity index (χ2n) is 3.11. The largest absolute Gasteiger partial charge is 0.462 e. The van der Waals surface area contributed by atoms with E-state index in [4.69, 9.17) is 16.3 Å². The fourth-order valence-corrected chi connectivity index (χ4v) is 2.79. The third-order valence-electron chi connectivity index (χ3n) is 2.05. The zero-order valence-corrected chi connectivity index (χ0v) is 9.99.